The molecule has 0 atom stereocenters. The van der Waals surface area contributed by atoms with Crippen molar-refractivity contribution >= 4 is 23.4 Å². The molecule has 8 heteroatoms. The van der Waals surface area contributed by atoms with Crippen molar-refractivity contribution in [3.63, 3.8) is 0 Å². The Morgan fingerprint density at radius 3 is 2.48 bits per heavy atom. The van der Waals surface area contributed by atoms with Gasteiger partial charge >= 0.3 is 0 Å². The molecule has 0 bridgehead atoms. The molecule has 1 heterocycles. The molecule has 7 nitrogen and oxygen atoms in total. The third-order valence-electron chi connectivity index (χ3n) is 3.25. The van der Waals surface area contributed by atoms with E-state index >= 15 is 0 Å². The van der Waals surface area contributed by atoms with Crippen molar-refractivity contribution in [1.82, 2.24) is 20.4 Å². The second kappa shape index (κ2) is 7.94. The summed E-state index contributed by atoms with van der Waals surface area (Å²) in [6.45, 7) is 5.10. The average molecular weight is 363 g/mol. The Bertz CT molecular complexity index is 844. The number of rotatable bonds is 5. The number of nitrogens with one attached hydrogen (secondary N) is 2. The lowest BCUT2D eigenvalue weighted by Gasteiger charge is -2.12. The van der Waals surface area contributed by atoms with Gasteiger partial charge in [0.2, 0.25) is 11.3 Å². The molecule has 0 saturated carbocycles. The van der Waals surface area contributed by atoms with Crippen LogP contribution in [-0.2, 0) is 4.79 Å². The zero-order chi connectivity index (χ0) is 18.6. The maximum atomic E-state index is 12.2. The molecule has 2 N–H and O–H groups in total. The van der Waals surface area contributed by atoms with Gasteiger partial charge in [-0.1, -0.05) is 11.6 Å². The number of carbonyl (C=O) groups excluding carboxylic acids is 2. The number of benzene rings is 1. The number of aryl methyl sites for hydroxylation is 1. The predicted octanol–water partition coefficient (Wildman–Crippen LogP) is 1.45. The summed E-state index contributed by atoms with van der Waals surface area (Å²) in [5, 5.41) is 9.74. The first-order chi connectivity index (χ1) is 11.8. The first-order valence-corrected chi connectivity index (χ1v) is 8.10. The zero-order valence-corrected chi connectivity index (χ0v) is 14.9. The van der Waals surface area contributed by atoms with Gasteiger partial charge in [0, 0.05) is 22.8 Å². The Kier molecular flexibility index (Phi) is 5.93. The third kappa shape index (κ3) is 4.90. The highest BCUT2D eigenvalue weighted by atomic mass is 35.5. The van der Waals surface area contributed by atoms with E-state index in [9.17, 15) is 14.4 Å². The molecule has 0 aliphatic rings. The molecule has 2 rings (SSSR count). The minimum Gasteiger partial charge on any atom is -0.352 e. The van der Waals surface area contributed by atoms with Crippen molar-refractivity contribution in [3.8, 4) is 5.69 Å². The number of hydrogen-bond donors (Lipinski definition) is 2. The van der Waals surface area contributed by atoms with E-state index < -0.39 is 11.3 Å². The lowest BCUT2D eigenvalue weighted by atomic mass is 10.2. The van der Waals surface area contributed by atoms with Crippen molar-refractivity contribution < 1.29 is 9.59 Å². The van der Waals surface area contributed by atoms with Gasteiger partial charge in [-0.25, -0.2) is 4.68 Å². The third-order valence-corrected chi connectivity index (χ3v) is 3.50. The Hall–Kier alpha value is -2.67. The summed E-state index contributed by atoms with van der Waals surface area (Å²) in [5.74, 6) is -1.04. The minimum atomic E-state index is -0.702. The molecule has 0 fully saturated rings. The van der Waals surface area contributed by atoms with Gasteiger partial charge in [-0.15, -0.1) is 0 Å². The van der Waals surface area contributed by atoms with Crippen LogP contribution in [0.15, 0.2) is 35.1 Å². The van der Waals surface area contributed by atoms with Gasteiger partial charge in [0.25, 0.3) is 5.91 Å². The summed E-state index contributed by atoms with van der Waals surface area (Å²) in [4.78, 5) is 35.9. The molecule has 2 amide bonds. The number of hydrogen-bond acceptors (Lipinski definition) is 4. The van der Waals surface area contributed by atoms with E-state index in [1.54, 1.807) is 31.2 Å². The predicted molar refractivity (Wildman–Crippen MR) is 95.2 cm³/mol. The molecule has 1 aromatic heterocycles. The maximum Gasteiger partial charge on any atom is 0.276 e. The number of aromatic nitrogens is 2. The van der Waals surface area contributed by atoms with E-state index in [-0.39, 0.29) is 24.2 Å². The molecular formula is C17H19ClN4O3. The molecule has 0 aliphatic carbocycles. The largest absolute Gasteiger partial charge is 0.352 e. The molecule has 0 saturated heterocycles. The first kappa shape index (κ1) is 18.7. The van der Waals surface area contributed by atoms with E-state index in [4.69, 9.17) is 11.6 Å². The van der Waals surface area contributed by atoms with E-state index in [2.05, 4.69) is 15.7 Å². The molecular weight excluding hydrogens is 344 g/mol. The van der Waals surface area contributed by atoms with Crippen LogP contribution in [0, 0.1) is 6.92 Å². The number of halogens is 1. The van der Waals surface area contributed by atoms with Gasteiger partial charge in [0.15, 0.2) is 5.69 Å². The average Bonchev–Trinajstić information content (AvgIpc) is 2.53. The first-order valence-electron chi connectivity index (χ1n) is 7.72. The lowest BCUT2D eigenvalue weighted by molar-refractivity contribution is -0.120. The topological polar surface area (TPSA) is 93.1 Å². The zero-order valence-electron chi connectivity index (χ0n) is 14.2. The van der Waals surface area contributed by atoms with Crippen LogP contribution in [0.5, 0.6) is 0 Å². The summed E-state index contributed by atoms with van der Waals surface area (Å²) in [7, 11) is 0. The second-order valence-corrected chi connectivity index (χ2v) is 6.23. The van der Waals surface area contributed by atoms with Crippen LogP contribution < -0.4 is 16.1 Å². The fraction of sp³-hybridized carbons (Fsp3) is 0.294. The van der Waals surface area contributed by atoms with Gasteiger partial charge in [0.05, 0.1) is 12.2 Å². The van der Waals surface area contributed by atoms with Crippen LogP contribution >= 0.6 is 11.6 Å². The van der Waals surface area contributed by atoms with Gasteiger partial charge < -0.3 is 10.6 Å². The Morgan fingerprint density at radius 1 is 1.24 bits per heavy atom. The van der Waals surface area contributed by atoms with Crippen LogP contribution in [0.2, 0.25) is 5.02 Å². The number of nitrogens with zero attached hydrogens (tertiary/aromatic N) is 2. The van der Waals surface area contributed by atoms with Gasteiger partial charge in [-0.3, -0.25) is 14.4 Å². The Balaban J connectivity index is 2.25. The summed E-state index contributed by atoms with van der Waals surface area (Å²) in [5.41, 5.74) is 0.442. The molecule has 132 valence electrons. The fourth-order valence-electron chi connectivity index (χ4n) is 2.17. The summed E-state index contributed by atoms with van der Waals surface area (Å²) in [6, 6.07) is 8.11. The van der Waals surface area contributed by atoms with E-state index in [0.29, 0.717) is 16.4 Å². The summed E-state index contributed by atoms with van der Waals surface area (Å²) < 4.78 is 1.47. The van der Waals surface area contributed by atoms with Crippen molar-refractivity contribution in [1.29, 1.82) is 0 Å². The van der Waals surface area contributed by atoms with Gasteiger partial charge in [-0.2, -0.15) is 5.10 Å². The molecule has 1 aromatic carbocycles. The number of carbonyl (C=O) groups is 2. The fourth-order valence-corrected chi connectivity index (χ4v) is 2.29. The highest BCUT2D eigenvalue weighted by molar-refractivity contribution is 6.30. The van der Waals surface area contributed by atoms with Crippen molar-refractivity contribution in [2.75, 3.05) is 6.54 Å². The van der Waals surface area contributed by atoms with Crippen molar-refractivity contribution in [3.05, 3.63) is 57.0 Å². The summed E-state index contributed by atoms with van der Waals surface area (Å²) >= 11 is 5.87. The molecule has 25 heavy (non-hydrogen) atoms. The second-order valence-electron chi connectivity index (χ2n) is 5.79. The smallest absolute Gasteiger partial charge is 0.276 e. The Morgan fingerprint density at radius 2 is 1.88 bits per heavy atom. The van der Waals surface area contributed by atoms with Crippen LogP contribution in [0.25, 0.3) is 5.69 Å². The molecule has 0 spiro atoms. The van der Waals surface area contributed by atoms with Crippen molar-refractivity contribution in [2.24, 2.45) is 0 Å². The van der Waals surface area contributed by atoms with Crippen molar-refractivity contribution in [2.45, 2.75) is 26.8 Å². The number of amides is 2. The van der Waals surface area contributed by atoms with Crippen LogP contribution in [0.4, 0.5) is 0 Å². The minimum absolute atomic E-state index is 0.0379. The van der Waals surface area contributed by atoms with Crippen LogP contribution in [0.3, 0.4) is 0 Å². The molecule has 0 unspecified atom stereocenters. The Labute approximate surface area is 150 Å². The summed E-state index contributed by atoms with van der Waals surface area (Å²) in [6.07, 6.45) is 0. The lowest BCUT2D eigenvalue weighted by Crippen LogP contribution is -2.41. The standard InChI is InChI=1S/C17H19ClN4O3/c1-10(2)20-15(24)9-19-17(25)16-14(23)8-11(3)22(21-16)13-6-4-12(18)5-7-13/h4-8,10H,9H2,1-3H3,(H,19,25)(H,20,24). The molecule has 0 aliphatic heterocycles. The van der Waals surface area contributed by atoms with E-state index in [1.165, 1.54) is 10.7 Å². The SMILES string of the molecule is Cc1cc(=O)c(C(=O)NCC(=O)NC(C)C)nn1-c1ccc(Cl)cc1. The molecule has 2 aromatic rings. The van der Waals surface area contributed by atoms with Crippen LogP contribution in [-0.4, -0.2) is 34.2 Å². The van der Waals surface area contributed by atoms with Gasteiger partial charge in [-0.05, 0) is 45.0 Å². The quantitative estimate of drug-likeness (QED) is 0.841. The normalized spacial score (nSPS) is 10.6. The highest BCUT2D eigenvalue weighted by Crippen LogP contribution is 2.13. The maximum absolute atomic E-state index is 12.2. The molecule has 0 radical (unpaired) electrons. The van der Waals surface area contributed by atoms with E-state index in [1.807, 2.05) is 13.8 Å². The van der Waals surface area contributed by atoms with Gasteiger partial charge in [0.1, 0.15) is 0 Å². The van der Waals surface area contributed by atoms with E-state index in [0.717, 1.165) is 0 Å². The monoisotopic (exact) mass is 362 g/mol. The van der Waals surface area contributed by atoms with Crippen LogP contribution in [0.1, 0.15) is 30.0 Å². The highest BCUT2D eigenvalue weighted by Gasteiger charge is 2.16.